The zero-order valence-electron chi connectivity index (χ0n) is 8.89. The second-order valence-electron chi connectivity index (χ2n) is 4.16. The Balaban J connectivity index is 1.74. The second-order valence-corrected chi connectivity index (χ2v) is 5.19. The average Bonchev–Trinajstić information content (AvgIpc) is 2.71. The quantitative estimate of drug-likeness (QED) is 0.855. The van der Waals surface area contributed by atoms with Gasteiger partial charge in [0.05, 0.1) is 12.2 Å². The fourth-order valence-corrected chi connectivity index (χ4v) is 2.82. The first-order valence-corrected chi connectivity index (χ1v) is 6.54. The van der Waals surface area contributed by atoms with Gasteiger partial charge in [0.1, 0.15) is 0 Å². The molecule has 15 heavy (non-hydrogen) atoms. The first kappa shape index (κ1) is 11.1. The van der Waals surface area contributed by atoms with Crippen LogP contribution in [0.5, 0.6) is 0 Å². The van der Waals surface area contributed by atoms with Crippen LogP contribution < -0.4 is 0 Å². The molecule has 0 amide bonds. The molecule has 1 saturated heterocycles. The van der Waals surface area contributed by atoms with Crippen molar-refractivity contribution in [3.63, 3.8) is 0 Å². The van der Waals surface area contributed by atoms with Crippen molar-refractivity contribution in [3.8, 4) is 0 Å². The molecule has 0 aliphatic carbocycles. The van der Waals surface area contributed by atoms with Crippen LogP contribution in [0.25, 0.3) is 0 Å². The van der Waals surface area contributed by atoms with Gasteiger partial charge in [-0.3, -0.25) is 0 Å². The minimum absolute atomic E-state index is 0.244. The van der Waals surface area contributed by atoms with Crippen molar-refractivity contribution >= 4 is 11.3 Å². The van der Waals surface area contributed by atoms with Crippen LogP contribution >= 0.6 is 11.3 Å². The molecule has 2 nitrogen and oxygen atoms in total. The summed E-state index contributed by atoms with van der Waals surface area (Å²) in [6, 6.07) is 4.11. The van der Waals surface area contributed by atoms with Gasteiger partial charge in [0, 0.05) is 17.9 Å². The van der Waals surface area contributed by atoms with Gasteiger partial charge in [-0.25, -0.2) is 0 Å². The Morgan fingerprint density at radius 1 is 1.53 bits per heavy atom. The molecule has 2 unspecified atom stereocenters. The lowest BCUT2D eigenvalue weighted by atomic mass is 10.0. The van der Waals surface area contributed by atoms with E-state index in [0.29, 0.717) is 0 Å². The van der Waals surface area contributed by atoms with E-state index in [0.717, 1.165) is 25.9 Å². The van der Waals surface area contributed by atoms with E-state index in [-0.39, 0.29) is 12.2 Å². The molecule has 2 heterocycles. The summed E-state index contributed by atoms with van der Waals surface area (Å²) in [6.45, 7) is 0.871. The lowest BCUT2D eigenvalue weighted by molar-refractivity contribution is -0.0146. The SMILES string of the molecule is OC(Cc1cccs1)CC1CCCCO1. The largest absolute Gasteiger partial charge is 0.393 e. The molecule has 2 atom stereocenters. The minimum atomic E-state index is -0.244. The van der Waals surface area contributed by atoms with E-state index in [2.05, 4.69) is 11.4 Å². The highest BCUT2D eigenvalue weighted by Crippen LogP contribution is 2.19. The van der Waals surface area contributed by atoms with E-state index >= 15 is 0 Å². The van der Waals surface area contributed by atoms with Crippen molar-refractivity contribution < 1.29 is 9.84 Å². The molecule has 0 aromatic carbocycles. The number of hydrogen-bond acceptors (Lipinski definition) is 3. The van der Waals surface area contributed by atoms with E-state index in [1.165, 1.54) is 17.7 Å². The van der Waals surface area contributed by atoms with Gasteiger partial charge in [0.25, 0.3) is 0 Å². The molecule has 1 N–H and O–H groups in total. The maximum atomic E-state index is 9.90. The molecular formula is C12H18O2S. The van der Waals surface area contributed by atoms with Gasteiger partial charge in [0.2, 0.25) is 0 Å². The number of thiophene rings is 1. The number of rotatable bonds is 4. The summed E-state index contributed by atoms with van der Waals surface area (Å²) in [5, 5.41) is 12.0. The standard InChI is InChI=1S/C12H18O2S/c13-10(9-12-5-3-7-15-12)8-11-4-1-2-6-14-11/h3,5,7,10-11,13H,1-2,4,6,8-9H2. The molecular weight excluding hydrogens is 208 g/mol. The zero-order chi connectivity index (χ0) is 10.5. The third-order valence-electron chi connectivity index (χ3n) is 2.83. The third kappa shape index (κ3) is 3.59. The fourth-order valence-electron chi connectivity index (χ4n) is 2.04. The van der Waals surface area contributed by atoms with E-state index in [1.807, 2.05) is 6.07 Å². The Kier molecular flexibility index (Phi) is 4.18. The first-order chi connectivity index (χ1) is 7.34. The maximum Gasteiger partial charge on any atom is 0.0613 e. The molecule has 0 bridgehead atoms. The van der Waals surface area contributed by atoms with Crippen LogP contribution in [0.2, 0.25) is 0 Å². The van der Waals surface area contributed by atoms with Gasteiger partial charge in [-0.2, -0.15) is 0 Å². The van der Waals surface area contributed by atoms with Crippen LogP contribution in [-0.4, -0.2) is 23.9 Å². The van der Waals surface area contributed by atoms with Crippen LogP contribution in [0, 0.1) is 0 Å². The Bertz CT molecular complexity index is 265. The molecule has 3 heteroatoms. The zero-order valence-corrected chi connectivity index (χ0v) is 9.71. The number of ether oxygens (including phenoxy) is 1. The van der Waals surface area contributed by atoms with E-state index < -0.39 is 0 Å². The van der Waals surface area contributed by atoms with Crippen molar-refractivity contribution in [3.05, 3.63) is 22.4 Å². The molecule has 84 valence electrons. The molecule has 1 fully saturated rings. The molecule has 1 aliphatic heterocycles. The summed E-state index contributed by atoms with van der Waals surface area (Å²) < 4.78 is 5.61. The highest BCUT2D eigenvalue weighted by atomic mass is 32.1. The Labute approximate surface area is 94.9 Å². The van der Waals surface area contributed by atoms with Gasteiger partial charge in [0.15, 0.2) is 0 Å². The van der Waals surface area contributed by atoms with Crippen LogP contribution in [0.1, 0.15) is 30.6 Å². The normalized spacial score (nSPS) is 23.9. The number of hydrogen-bond donors (Lipinski definition) is 1. The van der Waals surface area contributed by atoms with Crippen molar-refractivity contribution in [2.75, 3.05) is 6.61 Å². The second kappa shape index (κ2) is 5.64. The van der Waals surface area contributed by atoms with Crippen molar-refractivity contribution in [1.29, 1.82) is 0 Å². The Morgan fingerprint density at radius 2 is 2.47 bits per heavy atom. The lowest BCUT2D eigenvalue weighted by Crippen LogP contribution is -2.25. The summed E-state index contributed by atoms with van der Waals surface area (Å²) in [4.78, 5) is 1.26. The van der Waals surface area contributed by atoms with E-state index in [9.17, 15) is 5.11 Å². The van der Waals surface area contributed by atoms with Gasteiger partial charge >= 0.3 is 0 Å². The van der Waals surface area contributed by atoms with E-state index in [1.54, 1.807) is 11.3 Å². The summed E-state index contributed by atoms with van der Waals surface area (Å²) >= 11 is 1.71. The average molecular weight is 226 g/mol. The van der Waals surface area contributed by atoms with Gasteiger partial charge in [-0.05, 0) is 37.1 Å². The molecule has 1 aromatic rings. The summed E-state index contributed by atoms with van der Waals surface area (Å²) in [5.41, 5.74) is 0. The van der Waals surface area contributed by atoms with Crippen LogP contribution in [0.4, 0.5) is 0 Å². The van der Waals surface area contributed by atoms with Crippen LogP contribution in [0.3, 0.4) is 0 Å². The summed E-state index contributed by atoms with van der Waals surface area (Å²) in [7, 11) is 0. The van der Waals surface area contributed by atoms with Crippen molar-refractivity contribution in [2.24, 2.45) is 0 Å². The lowest BCUT2D eigenvalue weighted by Gasteiger charge is -2.24. The summed E-state index contributed by atoms with van der Waals surface area (Å²) in [5.74, 6) is 0. The fraction of sp³-hybridized carbons (Fsp3) is 0.667. The smallest absolute Gasteiger partial charge is 0.0613 e. The molecule has 1 aromatic heterocycles. The molecule has 1 aliphatic rings. The van der Waals surface area contributed by atoms with Crippen molar-refractivity contribution in [1.82, 2.24) is 0 Å². The van der Waals surface area contributed by atoms with Crippen LogP contribution in [0.15, 0.2) is 17.5 Å². The molecule has 0 spiro atoms. The molecule has 0 radical (unpaired) electrons. The Hall–Kier alpha value is -0.380. The third-order valence-corrected chi connectivity index (χ3v) is 3.72. The topological polar surface area (TPSA) is 29.5 Å². The highest BCUT2D eigenvalue weighted by molar-refractivity contribution is 7.09. The van der Waals surface area contributed by atoms with Gasteiger partial charge < -0.3 is 9.84 Å². The Morgan fingerprint density at radius 3 is 3.13 bits per heavy atom. The highest BCUT2D eigenvalue weighted by Gasteiger charge is 2.18. The van der Waals surface area contributed by atoms with Gasteiger partial charge in [-0.1, -0.05) is 6.07 Å². The monoisotopic (exact) mass is 226 g/mol. The predicted molar refractivity (Wildman–Crippen MR) is 62.2 cm³/mol. The van der Waals surface area contributed by atoms with Crippen molar-refractivity contribution in [2.45, 2.75) is 44.3 Å². The van der Waals surface area contributed by atoms with Crippen LogP contribution in [-0.2, 0) is 11.2 Å². The minimum Gasteiger partial charge on any atom is -0.393 e. The number of aliphatic hydroxyl groups excluding tert-OH is 1. The predicted octanol–water partition coefficient (Wildman–Crippen LogP) is 2.61. The first-order valence-electron chi connectivity index (χ1n) is 5.66. The summed E-state index contributed by atoms with van der Waals surface area (Å²) in [6.07, 6.45) is 5.14. The maximum absolute atomic E-state index is 9.90. The van der Waals surface area contributed by atoms with Gasteiger partial charge in [-0.15, -0.1) is 11.3 Å². The number of aliphatic hydroxyl groups is 1. The molecule has 0 saturated carbocycles. The molecule has 2 rings (SSSR count). The van der Waals surface area contributed by atoms with E-state index in [4.69, 9.17) is 4.74 Å².